The van der Waals surface area contributed by atoms with Crippen molar-refractivity contribution in [1.29, 1.82) is 0 Å². The molecule has 0 amide bonds. The summed E-state index contributed by atoms with van der Waals surface area (Å²) in [5.41, 5.74) is 2.78. The molecule has 0 N–H and O–H groups in total. The highest BCUT2D eigenvalue weighted by Crippen LogP contribution is 2.19. The van der Waals surface area contributed by atoms with Gasteiger partial charge in [-0.3, -0.25) is 9.48 Å². The maximum atomic E-state index is 12.3. The van der Waals surface area contributed by atoms with E-state index in [1.165, 1.54) is 0 Å². The van der Waals surface area contributed by atoms with Gasteiger partial charge in [0.15, 0.2) is 5.78 Å². The van der Waals surface area contributed by atoms with Crippen LogP contribution in [0.25, 0.3) is 11.1 Å². The number of ketones is 1. The number of halogens is 1. The van der Waals surface area contributed by atoms with E-state index in [1.807, 2.05) is 60.8 Å². The van der Waals surface area contributed by atoms with Crippen molar-refractivity contribution < 1.29 is 4.79 Å². The van der Waals surface area contributed by atoms with Crippen LogP contribution in [0.4, 0.5) is 0 Å². The lowest BCUT2D eigenvalue weighted by molar-refractivity contribution is 0.0967. The van der Waals surface area contributed by atoms with E-state index in [4.69, 9.17) is 0 Å². The molecular formula is C17H13BrN2O. The minimum atomic E-state index is 0.0326. The first-order chi connectivity index (χ1) is 10.2. The van der Waals surface area contributed by atoms with Gasteiger partial charge >= 0.3 is 0 Å². The van der Waals surface area contributed by atoms with Crippen LogP contribution in [-0.2, 0) is 6.54 Å². The van der Waals surface area contributed by atoms with E-state index in [1.54, 1.807) is 10.9 Å². The van der Waals surface area contributed by atoms with Gasteiger partial charge in [-0.1, -0.05) is 64.5 Å². The summed E-state index contributed by atoms with van der Waals surface area (Å²) < 4.78 is 2.48. The van der Waals surface area contributed by atoms with E-state index in [9.17, 15) is 4.79 Å². The molecule has 3 rings (SSSR count). The van der Waals surface area contributed by atoms with Crippen molar-refractivity contribution in [1.82, 2.24) is 9.78 Å². The number of Topliss-reactive ketones (excluding diaryl/α,β-unsaturated/α-hetero) is 1. The molecule has 3 nitrogen and oxygen atoms in total. The van der Waals surface area contributed by atoms with Crippen LogP contribution in [0.5, 0.6) is 0 Å². The maximum Gasteiger partial charge on any atom is 0.185 e. The van der Waals surface area contributed by atoms with Crippen LogP contribution in [0.3, 0.4) is 0 Å². The summed E-state index contributed by atoms with van der Waals surface area (Å²) >= 11 is 3.40. The molecule has 104 valence electrons. The van der Waals surface area contributed by atoms with Gasteiger partial charge < -0.3 is 0 Å². The minimum absolute atomic E-state index is 0.0326. The van der Waals surface area contributed by atoms with Crippen molar-refractivity contribution in [3.8, 4) is 11.1 Å². The number of benzene rings is 2. The molecule has 21 heavy (non-hydrogen) atoms. The molecule has 2 aromatic carbocycles. The van der Waals surface area contributed by atoms with E-state index < -0.39 is 0 Å². The van der Waals surface area contributed by atoms with Crippen LogP contribution < -0.4 is 0 Å². The monoisotopic (exact) mass is 340 g/mol. The third kappa shape index (κ3) is 3.11. The SMILES string of the molecule is O=C(Cn1cc(-c2ccccc2)cn1)c1ccccc1Br. The van der Waals surface area contributed by atoms with E-state index in [2.05, 4.69) is 21.0 Å². The molecule has 0 spiro atoms. The van der Waals surface area contributed by atoms with Gasteiger partial charge in [0, 0.05) is 21.8 Å². The fraction of sp³-hybridized carbons (Fsp3) is 0.0588. The summed E-state index contributed by atoms with van der Waals surface area (Å²) in [6.07, 6.45) is 3.67. The van der Waals surface area contributed by atoms with Crippen molar-refractivity contribution in [2.24, 2.45) is 0 Å². The van der Waals surface area contributed by atoms with Gasteiger partial charge in [0.05, 0.1) is 6.20 Å². The lowest BCUT2D eigenvalue weighted by atomic mass is 10.1. The minimum Gasteiger partial charge on any atom is -0.292 e. The number of aromatic nitrogens is 2. The van der Waals surface area contributed by atoms with Gasteiger partial charge in [-0.2, -0.15) is 5.10 Å². The second kappa shape index (κ2) is 6.06. The zero-order chi connectivity index (χ0) is 14.7. The summed E-state index contributed by atoms with van der Waals surface area (Å²) in [5.74, 6) is 0.0326. The van der Waals surface area contributed by atoms with Crippen LogP contribution >= 0.6 is 15.9 Å². The molecule has 0 unspecified atom stereocenters. The smallest absolute Gasteiger partial charge is 0.185 e. The summed E-state index contributed by atoms with van der Waals surface area (Å²) in [5, 5.41) is 4.27. The predicted molar refractivity (Wildman–Crippen MR) is 86.1 cm³/mol. The molecule has 1 heterocycles. The van der Waals surface area contributed by atoms with Gasteiger partial charge in [-0.25, -0.2) is 0 Å². The van der Waals surface area contributed by atoms with Crippen LogP contribution in [-0.4, -0.2) is 15.6 Å². The average Bonchev–Trinajstić information content (AvgIpc) is 2.97. The Kier molecular flexibility index (Phi) is 3.97. The summed E-state index contributed by atoms with van der Waals surface area (Å²) in [6, 6.07) is 17.4. The Balaban J connectivity index is 1.79. The van der Waals surface area contributed by atoms with Crippen LogP contribution in [0.15, 0.2) is 71.5 Å². The van der Waals surface area contributed by atoms with Crippen molar-refractivity contribution in [3.63, 3.8) is 0 Å². The molecule has 4 heteroatoms. The van der Waals surface area contributed by atoms with Crippen molar-refractivity contribution in [2.75, 3.05) is 0 Å². The molecule has 0 aliphatic heterocycles. The van der Waals surface area contributed by atoms with Crippen molar-refractivity contribution >= 4 is 21.7 Å². The Morgan fingerprint density at radius 2 is 1.71 bits per heavy atom. The normalized spacial score (nSPS) is 10.5. The van der Waals surface area contributed by atoms with E-state index in [0.29, 0.717) is 5.56 Å². The lowest BCUT2D eigenvalue weighted by Crippen LogP contribution is -2.11. The first-order valence-corrected chi connectivity index (χ1v) is 7.39. The van der Waals surface area contributed by atoms with Gasteiger partial charge in [0.2, 0.25) is 0 Å². The highest BCUT2D eigenvalue weighted by molar-refractivity contribution is 9.10. The standard InChI is InChI=1S/C17H13BrN2O/c18-16-9-5-4-8-15(16)17(21)12-20-11-14(10-19-20)13-6-2-1-3-7-13/h1-11H,12H2. The van der Waals surface area contributed by atoms with Gasteiger partial charge in [-0.05, 0) is 11.6 Å². The number of hydrogen-bond acceptors (Lipinski definition) is 2. The van der Waals surface area contributed by atoms with Gasteiger partial charge in [-0.15, -0.1) is 0 Å². The molecule has 0 radical (unpaired) electrons. The number of nitrogens with zero attached hydrogens (tertiary/aromatic N) is 2. The van der Waals surface area contributed by atoms with Crippen LogP contribution in [0, 0.1) is 0 Å². The lowest BCUT2D eigenvalue weighted by Gasteiger charge is -2.03. The first kappa shape index (κ1) is 13.8. The maximum absolute atomic E-state index is 12.3. The molecule has 3 aromatic rings. The highest BCUT2D eigenvalue weighted by atomic mass is 79.9. The summed E-state index contributed by atoms with van der Waals surface area (Å²) in [7, 11) is 0. The first-order valence-electron chi connectivity index (χ1n) is 6.59. The van der Waals surface area contributed by atoms with Crippen LogP contribution in [0.2, 0.25) is 0 Å². The fourth-order valence-corrected chi connectivity index (χ4v) is 2.66. The number of carbonyl (C=O) groups is 1. The van der Waals surface area contributed by atoms with E-state index in [0.717, 1.165) is 15.6 Å². The topological polar surface area (TPSA) is 34.9 Å². The third-order valence-corrected chi connectivity index (χ3v) is 3.91. The zero-order valence-corrected chi connectivity index (χ0v) is 12.8. The average molecular weight is 341 g/mol. The largest absolute Gasteiger partial charge is 0.292 e. The van der Waals surface area contributed by atoms with Crippen molar-refractivity contribution in [2.45, 2.75) is 6.54 Å². The molecule has 0 saturated carbocycles. The Bertz CT molecular complexity index is 765. The predicted octanol–water partition coefficient (Wildman–Crippen LogP) is 4.20. The Hall–Kier alpha value is -2.20. The van der Waals surface area contributed by atoms with Gasteiger partial charge in [0.25, 0.3) is 0 Å². The number of rotatable bonds is 4. The van der Waals surface area contributed by atoms with Crippen LogP contribution in [0.1, 0.15) is 10.4 Å². The highest BCUT2D eigenvalue weighted by Gasteiger charge is 2.11. The number of carbonyl (C=O) groups excluding carboxylic acids is 1. The van der Waals surface area contributed by atoms with Gasteiger partial charge in [0.1, 0.15) is 6.54 Å². The summed E-state index contributed by atoms with van der Waals surface area (Å²) in [4.78, 5) is 12.3. The molecule has 0 atom stereocenters. The molecule has 0 fully saturated rings. The molecular weight excluding hydrogens is 328 g/mol. The van der Waals surface area contributed by atoms with E-state index >= 15 is 0 Å². The zero-order valence-electron chi connectivity index (χ0n) is 11.2. The molecule has 0 bridgehead atoms. The molecule has 1 aromatic heterocycles. The molecule has 0 aliphatic carbocycles. The second-order valence-electron chi connectivity index (χ2n) is 4.70. The molecule has 0 aliphatic rings. The second-order valence-corrected chi connectivity index (χ2v) is 5.55. The third-order valence-electron chi connectivity index (χ3n) is 3.22. The van der Waals surface area contributed by atoms with Crippen molar-refractivity contribution in [3.05, 3.63) is 77.0 Å². The number of hydrogen-bond donors (Lipinski definition) is 0. The van der Waals surface area contributed by atoms with E-state index in [-0.39, 0.29) is 12.3 Å². The Morgan fingerprint density at radius 1 is 1.00 bits per heavy atom. The quantitative estimate of drug-likeness (QED) is 0.667. The molecule has 0 saturated heterocycles. The summed E-state index contributed by atoms with van der Waals surface area (Å²) in [6.45, 7) is 0.232. The Morgan fingerprint density at radius 3 is 2.48 bits per heavy atom. The fourth-order valence-electron chi connectivity index (χ4n) is 2.15. The Labute approximate surface area is 131 Å².